The molecule has 1 aromatic heterocycles. The summed E-state index contributed by atoms with van der Waals surface area (Å²) in [4.78, 5) is 8.55. The largest absolute Gasteiger partial charge is 0.454 e. The summed E-state index contributed by atoms with van der Waals surface area (Å²) in [5.41, 5.74) is 0.868. The fourth-order valence-corrected chi connectivity index (χ4v) is 2.84. The number of nitrogens with zero attached hydrogens (tertiary/aromatic N) is 3. The molecule has 0 atom stereocenters. The summed E-state index contributed by atoms with van der Waals surface area (Å²) < 4.78 is 25.2. The van der Waals surface area contributed by atoms with E-state index in [9.17, 15) is 4.39 Å². The number of aromatic nitrogens is 2. The van der Waals surface area contributed by atoms with Crippen LogP contribution in [0.2, 0.25) is 0 Å². The van der Waals surface area contributed by atoms with Crippen LogP contribution in [0.1, 0.15) is 37.0 Å². The van der Waals surface area contributed by atoms with Crippen LogP contribution in [0.4, 0.5) is 4.39 Å². The van der Waals surface area contributed by atoms with Gasteiger partial charge in [0.15, 0.2) is 23.4 Å². The lowest BCUT2D eigenvalue weighted by molar-refractivity contribution is 0.371. The zero-order valence-electron chi connectivity index (χ0n) is 18.1. The van der Waals surface area contributed by atoms with E-state index in [1.54, 1.807) is 25.2 Å². The maximum atomic E-state index is 14.4. The van der Waals surface area contributed by atoms with Gasteiger partial charge < -0.3 is 19.9 Å². The second-order valence-corrected chi connectivity index (χ2v) is 7.31. The summed E-state index contributed by atoms with van der Waals surface area (Å²) in [5, 5.41) is 10.4. The first-order valence-corrected chi connectivity index (χ1v) is 10.3. The van der Waals surface area contributed by atoms with Gasteiger partial charge >= 0.3 is 0 Å². The smallest absolute Gasteiger partial charge is 0.228 e. The Morgan fingerprint density at radius 1 is 1.10 bits per heavy atom. The average Bonchev–Trinajstić information content (AvgIpc) is 3.24. The van der Waals surface area contributed by atoms with E-state index in [-0.39, 0.29) is 17.5 Å². The molecule has 0 saturated carbocycles. The molecular formula is C23H28FN5O2. The van der Waals surface area contributed by atoms with Gasteiger partial charge in [-0.25, -0.2) is 4.39 Å². The van der Waals surface area contributed by atoms with Crippen molar-refractivity contribution < 1.29 is 13.7 Å². The van der Waals surface area contributed by atoms with Crippen molar-refractivity contribution in [2.75, 3.05) is 20.1 Å². The molecule has 0 unspecified atom stereocenters. The van der Waals surface area contributed by atoms with Gasteiger partial charge in [0.25, 0.3) is 0 Å². The topological polar surface area (TPSA) is 84.6 Å². The Labute approximate surface area is 181 Å². The minimum atomic E-state index is -0.385. The maximum absolute atomic E-state index is 14.4. The van der Waals surface area contributed by atoms with Gasteiger partial charge in [-0.15, -0.1) is 0 Å². The van der Waals surface area contributed by atoms with Gasteiger partial charge in [-0.3, -0.25) is 4.99 Å². The van der Waals surface area contributed by atoms with Crippen LogP contribution in [-0.2, 0) is 12.8 Å². The number of guanidine groups is 1. The number of ether oxygens (including phenoxy) is 1. The number of rotatable bonds is 9. The zero-order chi connectivity index (χ0) is 22.1. The minimum absolute atomic E-state index is 0.210. The molecule has 0 aliphatic carbocycles. The first-order valence-electron chi connectivity index (χ1n) is 10.3. The van der Waals surface area contributed by atoms with E-state index < -0.39 is 0 Å². The molecule has 164 valence electrons. The highest BCUT2D eigenvalue weighted by atomic mass is 19.1. The van der Waals surface area contributed by atoms with E-state index >= 15 is 0 Å². The summed E-state index contributed by atoms with van der Waals surface area (Å²) in [6.07, 6.45) is 1.25. The summed E-state index contributed by atoms with van der Waals surface area (Å²) >= 11 is 0. The fourth-order valence-electron chi connectivity index (χ4n) is 2.84. The van der Waals surface area contributed by atoms with Crippen LogP contribution in [-0.4, -0.2) is 36.2 Å². The molecule has 0 aliphatic rings. The van der Waals surface area contributed by atoms with E-state index in [2.05, 4.69) is 25.8 Å². The van der Waals surface area contributed by atoms with Crippen molar-refractivity contribution in [2.24, 2.45) is 4.99 Å². The maximum Gasteiger partial charge on any atom is 0.228 e. The SMILES string of the molecule is CN=C(NCCc1ccc(Oc2ccccc2)c(F)c1)NCCc1nc(C(C)C)no1. The molecule has 1 heterocycles. The Kier molecular flexibility index (Phi) is 7.98. The van der Waals surface area contributed by atoms with Crippen molar-refractivity contribution in [1.82, 2.24) is 20.8 Å². The lowest BCUT2D eigenvalue weighted by atomic mass is 10.1. The Morgan fingerprint density at radius 2 is 1.84 bits per heavy atom. The van der Waals surface area contributed by atoms with Crippen molar-refractivity contribution in [3.8, 4) is 11.5 Å². The first-order chi connectivity index (χ1) is 15.0. The number of para-hydroxylation sites is 1. The van der Waals surface area contributed by atoms with Crippen LogP contribution in [0.5, 0.6) is 11.5 Å². The molecule has 2 N–H and O–H groups in total. The molecular weight excluding hydrogens is 397 g/mol. The third-order valence-electron chi connectivity index (χ3n) is 4.53. The Balaban J connectivity index is 1.42. The van der Waals surface area contributed by atoms with Gasteiger partial charge in [0, 0.05) is 32.5 Å². The van der Waals surface area contributed by atoms with Crippen molar-refractivity contribution in [3.63, 3.8) is 0 Å². The van der Waals surface area contributed by atoms with Crippen LogP contribution in [0.15, 0.2) is 58.0 Å². The van der Waals surface area contributed by atoms with E-state index in [4.69, 9.17) is 9.26 Å². The van der Waals surface area contributed by atoms with Crippen molar-refractivity contribution >= 4 is 5.96 Å². The molecule has 0 spiro atoms. The molecule has 2 aromatic carbocycles. The number of aliphatic imine (C=N–C) groups is 1. The molecule has 0 fully saturated rings. The number of benzene rings is 2. The predicted octanol–water partition coefficient (Wildman–Crippen LogP) is 4.07. The van der Waals surface area contributed by atoms with Crippen LogP contribution in [0, 0.1) is 5.82 Å². The van der Waals surface area contributed by atoms with Crippen LogP contribution in [0.25, 0.3) is 0 Å². The monoisotopic (exact) mass is 425 g/mol. The quantitative estimate of drug-likeness (QED) is 0.397. The fraction of sp³-hybridized carbons (Fsp3) is 0.348. The predicted molar refractivity (Wildman–Crippen MR) is 118 cm³/mol. The minimum Gasteiger partial charge on any atom is -0.454 e. The summed E-state index contributed by atoms with van der Waals surface area (Å²) in [5.74, 6) is 2.64. The average molecular weight is 426 g/mol. The van der Waals surface area contributed by atoms with Gasteiger partial charge in [-0.05, 0) is 36.2 Å². The molecule has 0 aliphatic heterocycles. The number of hydrogen-bond acceptors (Lipinski definition) is 5. The standard InChI is InChI=1S/C23H28FN5O2/c1-16(2)22-28-21(31-29-22)12-14-27-23(25-3)26-13-11-17-9-10-20(19(24)15-17)30-18-7-5-4-6-8-18/h4-10,15-16H,11-14H2,1-3H3,(H2,25,26,27). The number of nitrogens with one attached hydrogen (secondary N) is 2. The summed E-state index contributed by atoms with van der Waals surface area (Å²) in [6, 6.07) is 14.2. The highest BCUT2D eigenvalue weighted by Crippen LogP contribution is 2.25. The second kappa shape index (κ2) is 11.1. The normalized spacial score (nSPS) is 11.6. The lowest BCUT2D eigenvalue weighted by Crippen LogP contribution is -2.39. The van der Waals surface area contributed by atoms with E-state index in [0.29, 0.717) is 49.4 Å². The summed E-state index contributed by atoms with van der Waals surface area (Å²) in [7, 11) is 1.70. The van der Waals surface area contributed by atoms with Crippen LogP contribution < -0.4 is 15.4 Å². The van der Waals surface area contributed by atoms with Gasteiger partial charge in [-0.1, -0.05) is 43.3 Å². The van der Waals surface area contributed by atoms with E-state index in [0.717, 1.165) is 5.56 Å². The lowest BCUT2D eigenvalue weighted by Gasteiger charge is -2.12. The van der Waals surface area contributed by atoms with Crippen LogP contribution in [0.3, 0.4) is 0 Å². The molecule has 0 radical (unpaired) electrons. The molecule has 8 heteroatoms. The van der Waals surface area contributed by atoms with Crippen molar-refractivity contribution in [3.05, 3.63) is 71.6 Å². The molecule has 3 aromatic rings. The third-order valence-corrected chi connectivity index (χ3v) is 4.53. The first kappa shape index (κ1) is 22.3. The molecule has 0 bridgehead atoms. The molecule has 0 saturated heterocycles. The molecule has 0 amide bonds. The Bertz CT molecular complexity index is 989. The molecule has 7 nitrogen and oxygen atoms in total. The Hall–Kier alpha value is -3.42. The van der Waals surface area contributed by atoms with E-state index in [1.165, 1.54) is 6.07 Å². The zero-order valence-corrected chi connectivity index (χ0v) is 18.1. The highest BCUT2D eigenvalue weighted by Gasteiger charge is 2.10. The Morgan fingerprint density at radius 3 is 2.48 bits per heavy atom. The van der Waals surface area contributed by atoms with Crippen molar-refractivity contribution in [1.29, 1.82) is 0 Å². The van der Waals surface area contributed by atoms with Gasteiger partial charge in [0.1, 0.15) is 5.75 Å². The molecule has 3 rings (SSSR count). The molecule has 31 heavy (non-hydrogen) atoms. The van der Waals surface area contributed by atoms with Crippen LogP contribution >= 0.6 is 0 Å². The van der Waals surface area contributed by atoms with Crippen molar-refractivity contribution in [2.45, 2.75) is 32.6 Å². The van der Waals surface area contributed by atoms with Gasteiger partial charge in [0.2, 0.25) is 5.89 Å². The third kappa shape index (κ3) is 6.80. The van der Waals surface area contributed by atoms with Gasteiger partial charge in [0.05, 0.1) is 0 Å². The number of hydrogen-bond donors (Lipinski definition) is 2. The summed E-state index contributed by atoms with van der Waals surface area (Å²) in [6.45, 7) is 5.26. The van der Waals surface area contributed by atoms with Gasteiger partial charge in [-0.2, -0.15) is 4.98 Å². The van der Waals surface area contributed by atoms with E-state index in [1.807, 2.05) is 38.1 Å². The second-order valence-electron chi connectivity index (χ2n) is 7.31. The highest BCUT2D eigenvalue weighted by molar-refractivity contribution is 5.79. The number of halogens is 1.